The van der Waals surface area contributed by atoms with Gasteiger partial charge in [-0.05, 0) is 19.1 Å². The van der Waals surface area contributed by atoms with Crippen molar-refractivity contribution in [2.24, 2.45) is 5.73 Å². The van der Waals surface area contributed by atoms with Gasteiger partial charge in [0.25, 0.3) is 0 Å². The molecule has 0 amide bonds. The van der Waals surface area contributed by atoms with Gasteiger partial charge in [-0.2, -0.15) is 5.10 Å². The Morgan fingerprint density at radius 3 is 2.71 bits per heavy atom. The van der Waals surface area contributed by atoms with Gasteiger partial charge in [-0.1, -0.05) is 0 Å². The molecule has 3 N–H and O–H groups in total. The lowest BCUT2D eigenvalue weighted by molar-refractivity contribution is 0.854. The van der Waals surface area contributed by atoms with Crippen LogP contribution in [0.5, 0.6) is 0 Å². The van der Waals surface area contributed by atoms with Crippen LogP contribution >= 0.6 is 0 Å². The molecule has 0 spiro atoms. The molecule has 5 nitrogen and oxygen atoms in total. The molecule has 0 aliphatic rings. The van der Waals surface area contributed by atoms with E-state index in [2.05, 4.69) is 10.2 Å². The topological polar surface area (TPSA) is 78.9 Å². The molecule has 1 rings (SSSR count). The van der Waals surface area contributed by atoms with Crippen molar-refractivity contribution >= 4 is 11.7 Å². The van der Waals surface area contributed by atoms with Crippen molar-refractivity contribution in [3.8, 4) is 0 Å². The number of nitrogens with zero attached hydrogens (tertiary/aromatic N) is 3. The van der Waals surface area contributed by atoms with Crippen LogP contribution in [-0.2, 0) is 0 Å². The van der Waals surface area contributed by atoms with Crippen molar-refractivity contribution in [2.45, 2.75) is 13.3 Å². The number of aromatic nitrogens is 2. The molecule has 0 bridgehead atoms. The van der Waals surface area contributed by atoms with Crippen molar-refractivity contribution in [1.82, 2.24) is 10.2 Å². The van der Waals surface area contributed by atoms with Gasteiger partial charge in [0.2, 0.25) is 0 Å². The van der Waals surface area contributed by atoms with Gasteiger partial charge >= 0.3 is 0 Å². The molecule has 0 aromatic carbocycles. The van der Waals surface area contributed by atoms with Gasteiger partial charge in [0, 0.05) is 20.0 Å². The third-order valence-corrected chi connectivity index (χ3v) is 1.89. The van der Waals surface area contributed by atoms with Crippen molar-refractivity contribution in [3.63, 3.8) is 0 Å². The molecule has 0 saturated heterocycles. The van der Waals surface area contributed by atoms with Crippen LogP contribution in [0.4, 0.5) is 5.82 Å². The van der Waals surface area contributed by atoms with Gasteiger partial charge in [-0.25, -0.2) is 0 Å². The van der Waals surface area contributed by atoms with E-state index in [0.29, 0.717) is 13.0 Å². The van der Waals surface area contributed by atoms with E-state index >= 15 is 0 Å². The van der Waals surface area contributed by atoms with E-state index in [9.17, 15) is 0 Å². The van der Waals surface area contributed by atoms with Crippen LogP contribution in [0, 0.1) is 12.3 Å². The zero-order valence-electron chi connectivity index (χ0n) is 8.49. The number of amidine groups is 1. The van der Waals surface area contributed by atoms with Crippen LogP contribution < -0.4 is 10.6 Å². The van der Waals surface area contributed by atoms with Gasteiger partial charge in [-0.15, -0.1) is 5.10 Å². The first-order valence-electron chi connectivity index (χ1n) is 4.44. The fraction of sp³-hybridized carbons (Fsp3) is 0.444. The number of nitrogens with two attached hydrogens (primary N) is 1. The number of hydrogen-bond donors (Lipinski definition) is 2. The maximum Gasteiger partial charge on any atom is 0.150 e. The van der Waals surface area contributed by atoms with Crippen molar-refractivity contribution in [3.05, 3.63) is 17.8 Å². The van der Waals surface area contributed by atoms with Crippen LogP contribution in [0.1, 0.15) is 12.1 Å². The maximum atomic E-state index is 7.10. The van der Waals surface area contributed by atoms with Gasteiger partial charge in [-0.3, -0.25) is 5.41 Å². The average Bonchev–Trinajstić information content (AvgIpc) is 2.15. The lowest BCUT2D eigenvalue weighted by Crippen LogP contribution is -2.24. The highest BCUT2D eigenvalue weighted by Gasteiger charge is 2.02. The summed E-state index contributed by atoms with van der Waals surface area (Å²) < 4.78 is 0. The van der Waals surface area contributed by atoms with Gasteiger partial charge in [0.1, 0.15) is 0 Å². The van der Waals surface area contributed by atoms with E-state index in [4.69, 9.17) is 11.1 Å². The fourth-order valence-electron chi connectivity index (χ4n) is 0.998. The molecule has 5 heteroatoms. The molecule has 1 heterocycles. The second-order valence-electron chi connectivity index (χ2n) is 3.23. The first kappa shape index (κ1) is 10.4. The third kappa shape index (κ3) is 3.01. The summed E-state index contributed by atoms with van der Waals surface area (Å²) in [6.45, 7) is 2.58. The number of aryl methyl sites for hydroxylation is 1. The number of anilines is 1. The Morgan fingerprint density at radius 2 is 2.21 bits per heavy atom. The van der Waals surface area contributed by atoms with Gasteiger partial charge in [0.15, 0.2) is 5.82 Å². The lowest BCUT2D eigenvalue weighted by Gasteiger charge is -2.16. The van der Waals surface area contributed by atoms with Crippen LogP contribution in [0.3, 0.4) is 0 Å². The maximum absolute atomic E-state index is 7.10. The van der Waals surface area contributed by atoms with Gasteiger partial charge in [0.05, 0.1) is 11.5 Å². The third-order valence-electron chi connectivity index (χ3n) is 1.89. The normalized spacial score (nSPS) is 9.86. The summed E-state index contributed by atoms with van der Waals surface area (Å²) >= 11 is 0. The van der Waals surface area contributed by atoms with E-state index in [1.54, 1.807) is 0 Å². The Morgan fingerprint density at radius 1 is 1.50 bits per heavy atom. The summed E-state index contributed by atoms with van der Waals surface area (Å²) in [6, 6.07) is 3.81. The van der Waals surface area contributed by atoms with Crippen LogP contribution in [0.15, 0.2) is 12.1 Å². The van der Waals surface area contributed by atoms with Crippen LogP contribution in [-0.4, -0.2) is 29.6 Å². The highest BCUT2D eigenvalue weighted by atomic mass is 15.2. The molecular weight excluding hydrogens is 178 g/mol. The lowest BCUT2D eigenvalue weighted by atomic mass is 10.3. The minimum absolute atomic E-state index is 0.192. The van der Waals surface area contributed by atoms with Crippen molar-refractivity contribution in [1.29, 1.82) is 5.41 Å². The van der Waals surface area contributed by atoms with E-state index in [1.807, 2.05) is 31.0 Å². The Hall–Kier alpha value is -1.65. The smallest absolute Gasteiger partial charge is 0.150 e. The fourth-order valence-corrected chi connectivity index (χ4v) is 0.998. The molecule has 14 heavy (non-hydrogen) atoms. The highest BCUT2D eigenvalue weighted by molar-refractivity contribution is 5.77. The second kappa shape index (κ2) is 4.55. The SMILES string of the molecule is Cc1ccc(N(C)CCC(=N)N)nn1. The van der Waals surface area contributed by atoms with E-state index < -0.39 is 0 Å². The first-order valence-corrected chi connectivity index (χ1v) is 4.44. The predicted molar refractivity (Wildman–Crippen MR) is 56.6 cm³/mol. The molecule has 1 aromatic rings. The van der Waals surface area contributed by atoms with Crippen molar-refractivity contribution in [2.75, 3.05) is 18.5 Å². The van der Waals surface area contributed by atoms with Crippen LogP contribution in [0.25, 0.3) is 0 Å². The molecule has 1 aromatic heterocycles. The molecule has 0 aliphatic heterocycles. The molecule has 0 fully saturated rings. The molecule has 0 aliphatic carbocycles. The van der Waals surface area contributed by atoms with Crippen LogP contribution in [0.2, 0.25) is 0 Å². The monoisotopic (exact) mass is 193 g/mol. The number of rotatable bonds is 4. The largest absolute Gasteiger partial charge is 0.388 e. The minimum atomic E-state index is 0.192. The predicted octanol–water partition coefficient (Wildman–Crippen LogP) is 0.547. The summed E-state index contributed by atoms with van der Waals surface area (Å²) in [7, 11) is 1.91. The molecule has 0 saturated carbocycles. The quantitative estimate of drug-likeness (QED) is 0.540. The first-order chi connectivity index (χ1) is 6.59. The summed E-state index contributed by atoms with van der Waals surface area (Å²) in [5.41, 5.74) is 6.16. The Kier molecular flexibility index (Phi) is 3.39. The Bertz CT molecular complexity index is 305. The standard InChI is InChI=1S/C9H15N5/c1-7-3-4-9(13-12-7)14(2)6-5-8(10)11/h3-4H,5-6H2,1-2H3,(H3,10,11). The molecule has 0 unspecified atom stereocenters. The average molecular weight is 193 g/mol. The zero-order valence-corrected chi connectivity index (χ0v) is 8.49. The van der Waals surface area contributed by atoms with E-state index in [0.717, 1.165) is 11.5 Å². The van der Waals surface area contributed by atoms with Gasteiger partial charge < -0.3 is 10.6 Å². The van der Waals surface area contributed by atoms with Crippen molar-refractivity contribution < 1.29 is 0 Å². The summed E-state index contributed by atoms with van der Waals surface area (Å²) in [5, 5.41) is 15.1. The van der Waals surface area contributed by atoms with E-state index in [1.165, 1.54) is 0 Å². The number of hydrogen-bond acceptors (Lipinski definition) is 4. The highest BCUT2D eigenvalue weighted by Crippen LogP contribution is 2.06. The zero-order chi connectivity index (χ0) is 10.6. The molecular formula is C9H15N5. The minimum Gasteiger partial charge on any atom is -0.388 e. The van der Waals surface area contributed by atoms with E-state index in [-0.39, 0.29) is 5.84 Å². The molecule has 76 valence electrons. The Labute approximate surface area is 83.4 Å². The molecule has 0 radical (unpaired) electrons. The number of nitrogens with one attached hydrogen (secondary N) is 1. The Balaban J connectivity index is 2.56. The second-order valence-corrected chi connectivity index (χ2v) is 3.23. The molecule has 0 atom stereocenters. The summed E-state index contributed by atoms with van der Waals surface area (Å²) in [5.74, 6) is 0.994. The summed E-state index contributed by atoms with van der Waals surface area (Å²) in [6.07, 6.45) is 0.548. The summed E-state index contributed by atoms with van der Waals surface area (Å²) in [4.78, 5) is 1.92.